The first-order chi connectivity index (χ1) is 25.3. The molecule has 0 bridgehead atoms. The molecule has 2 heteroatoms. The molecule has 0 radical (unpaired) electrons. The topological polar surface area (TPSA) is 9.86 Å². The van der Waals surface area contributed by atoms with E-state index in [2.05, 4.69) is 179 Å². The zero-order chi connectivity index (χ0) is 33.3. The zero-order valence-electron chi connectivity index (χ0n) is 28.0. The molecule has 1 atom stereocenters. The molecule has 3 heterocycles. The van der Waals surface area contributed by atoms with E-state index in [9.17, 15) is 0 Å². The van der Waals surface area contributed by atoms with Crippen molar-refractivity contribution in [2.24, 2.45) is 0 Å². The van der Waals surface area contributed by atoms with Crippen LogP contribution < -0.4 is 0 Å². The van der Waals surface area contributed by atoms with E-state index < -0.39 is 5.41 Å². The second-order valence-corrected chi connectivity index (χ2v) is 14.3. The maximum absolute atomic E-state index is 2.54. The lowest BCUT2D eigenvalue weighted by Crippen LogP contribution is -2.35. The molecule has 1 unspecified atom stereocenters. The van der Waals surface area contributed by atoms with Gasteiger partial charge in [-0.05, 0) is 93.8 Å². The van der Waals surface area contributed by atoms with Crippen molar-refractivity contribution >= 4 is 54.8 Å². The van der Waals surface area contributed by atoms with Crippen LogP contribution in [0.5, 0.6) is 0 Å². The van der Waals surface area contributed by atoms with Crippen LogP contribution in [0.3, 0.4) is 0 Å². The van der Waals surface area contributed by atoms with Gasteiger partial charge in [0, 0.05) is 27.2 Å². The Balaban J connectivity index is 1.20. The number of rotatable bonds is 2. The highest BCUT2D eigenvalue weighted by atomic mass is 15.0. The highest BCUT2D eigenvalue weighted by molar-refractivity contribution is 6.15. The van der Waals surface area contributed by atoms with Gasteiger partial charge in [0.1, 0.15) is 0 Å². The van der Waals surface area contributed by atoms with Crippen molar-refractivity contribution in [1.82, 2.24) is 9.13 Å². The number of fused-ring (bicyclic) bond motifs is 14. The molecule has 9 aromatic rings. The van der Waals surface area contributed by atoms with Gasteiger partial charge in [-0.1, -0.05) is 133 Å². The van der Waals surface area contributed by atoms with Crippen LogP contribution in [-0.2, 0) is 5.41 Å². The molecule has 238 valence electrons. The number of para-hydroxylation sites is 5. The van der Waals surface area contributed by atoms with Crippen LogP contribution in [0.25, 0.3) is 66.1 Å². The quantitative estimate of drug-likeness (QED) is 0.177. The fourth-order valence-corrected chi connectivity index (χ4v) is 10.2. The maximum atomic E-state index is 2.54. The first kappa shape index (κ1) is 27.4. The molecule has 51 heavy (non-hydrogen) atoms. The lowest BCUT2D eigenvalue weighted by molar-refractivity contribution is 0.742. The number of hydrogen-bond donors (Lipinski definition) is 0. The third-order valence-electron chi connectivity index (χ3n) is 12.0. The number of hydrogen-bond acceptors (Lipinski definition) is 0. The van der Waals surface area contributed by atoms with Crippen LogP contribution in [0, 0.1) is 0 Å². The summed E-state index contributed by atoms with van der Waals surface area (Å²) in [6.07, 6.45) is 4.59. The summed E-state index contributed by atoms with van der Waals surface area (Å²) in [7, 11) is 0. The average molecular weight is 649 g/mol. The van der Waals surface area contributed by atoms with E-state index >= 15 is 0 Å². The number of nitrogens with zero attached hydrogens (tertiary/aromatic N) is 2. The molecule has 0 amide bonds. The van der Waals surface area contributed by atoms with Crippen molar-refractivity contribution < 1.29 is 0 Å². The van der Waals surface area contributed by atoms with Gasteiger partial charge in [-0.2, -0.15) is 0 Å². The molecule has 1 spiro atoms. The Morgan fingerprint density at radius 2 is 1.12 bits per heavy atom. The van der Waals surface area contributed by atoms with Crippen molar-refractivity contribution in [2.45, 2.75) is 18.3 Å². The third kappa shape index (κ3) is 3.33. The molecule has 0 N–H and O–H groups in total. The van der Waals surface area contributed by atoms with E-state index in [0.717, 1.165) is 12.8 Å². The van der Waals surface area contributed by atoms with E-state index in [1.54, 1.807) is 0 Å². The van der Waals surface area contributed by atoms with Crippen molar-refractivity contribution in [3.05, 3.63) is 203 Å². The Morgan fingerprint density at radius 1 is 0.471 bits per heavy atom. The first-order valence-electron chi connectivity index (χ1n) is 18.1. The molecule has 2 aromatic heterocycles. The molecule has 0 fully saturated rings. The fraction of sp³-hybridized carbons (Fsp3) is 0.0612. The lowest BCUT2D eigenvalue weighted by atomic mass is 9.62. The van der Waals surface area contributed by atoms with Crippen LogP contribution in [-0.4, -0.2) is 9.13 Å². The minimum Gasteiger partial charge on any atom is -0.309 e. The minimum absolute atomic E-state index is 0.459. The predicted molar refractivity (Wildman–Crippen MR) is 212 cm³/mol. The van der Waals surface area contributed by atoms with E-state index in [1.807, 2.05) is 0 Å². The summed E-state index contributed by atoms with van der Waals surface area (Å²) >= 11 is 0. The van der Waals surface area contributed by atoms with Gasteiger partial charge >= 0.3 is 0 Å². The smallest absolute Gasteiger partial charge is 0.0757 e. The van der Waals surface area contributed by atoms with Crippen LogP contribution in [0.15, 0.2) is 175 Å². The number of benzene rings is 7. The van der Waals surface area contributed by atoms with Crippen molar-refractivity contribution in [2.75, 3.05) is 0 Å². The van der Waals surface area contributed by atoms with E-state index in [4.69, 9.17) is 0 Å². The van der Waals surface area contributed by atoms with Gasteiger partial charge < -0.3 is 9.13 Å². The fourth-order valence-electron chi connectivity index (χ4n) is 10.2. The Bertz CT molecular complexity index is 3020. The number of allylic oxidation sites excluding steroid dienone is 4. The highest BCUT2D eigenvalue weighted by Crippen LogP contribution is 2.64. The molecule has 7 aromatic carbocycles. The SMILES string of the molecule is C1=C(c2ccc3c4ccccc4n(-c4ccccc4)c3c2)C2=C(CC1)c1ccccc1C21c2ccccc2-n2c3ccccc3c3cccc1c32. The summed E-state index contributed by atoms with van der Waals surface area (Å²) in [5, 5.41) is 5.19. The zero-order valence-corrected chi connectivity index (χ0v) is 28.0. The first-order valence-corrected chi connectivity index (χ1v) is 18.1. The predicted octanol–water partition coefficient (Wildman–Crippen LogP) is 12.2. The van der Waals surface area contributed by atoms with Gasteiger partial charge in [-0.15, -0.1) is 0 Å². The third-order valence-corrected chi connectivity index (χ3v) is 12.0. The van der Waals surface area contributed by atoms with Gasteiger partial charge in [0.15, 0.2) is 0 Å². The van der Waals surface area contributed by atoms with Crippen molar-refractivity contribution in [3.63, 3.8) is 0 Å². The molecule has 2 nitrogen and oxygen atoms in total. The Hall–Kier alpha value is -6.38. The molecular weight excluding hydrogens is 617 g/mol. The summed E-state index contributed by atoms with van der Waals surface area (Å²) < 4.78 is 4.99. The average Bonchev–Trinajstić information content (AvgIpc) is 3.82. The summed E-state index contributed by atoms with van der Waals surface area (Å²) in [5.74, 6) is 0. The normalized spacial score (nSPS) is 17.4. The van der Waals surface area contributed by atoms with Gasteiger partial charge in [-0.3, -0.25) is 0 Å². The molecular formula is C49H32N2. The second kappa shape index (κ2) is 9.87. The molecule has 0 saturated carbocycles. The highest BCUT2D eigenvalue weighted by Gasteiger charge is 2.53. The second-order valence-electron chi connectivity index (χ2n) is 14.3. The Labute approximate surface area is 295 Å². The monoisotopic (exact) mass is 648 g/mol. The summed E-state index contributed by atoms with van der Waals surface area (Å²) in [5.41, 5.74) is 18.2. The van der Waals surface area contributed by atoms with E-state index in [1.165, 1.54) is 99.5 Å². The van der Waals surface area contributed by atoms with Gasteiger partial charge in [0.25, 0.3) is 0 Å². The Morgan fingerprint density at radius 3 is 1.98 bits per heavy atom. The number of aromatic nitrogens is 2. The van der Waals surface area contributed by atoms with Gasteiger partial charge in [0.05, 0.1) is 33.2 Å². The standard InChI is InChI=1S/C49H32N2/c1-2-14-32(15-3-1)50-43-25-9-5-17-35(43)37-29-28-31(30-46(37)50)33-19-12-20-38-34-16-4-7-22-40(34)49(47(33)38)41-23-8-11-27-45(41)51-44-26-10-6-18-36(44)39-21-13-24-42(49)48(39)51/h1-11,13-19,21-30H,12,20H2. The maximum Gasteiger partial charge on any atom is 0.0757 e. The van der Waals surface area contributed by atoms with Crippen molar-refractivity contribution in [3.8, 4) is 11.4 Å². The summed E-state index contributed by atoms with van der Waals surface area (Å²) in [6.45, 7) is 0. The van der Waals surface area contributed by atoms with Gasteiger partial charge in [0.2, 0.25) is 0 Å². The van der Waals surface area contributed by atoms with Crippen molar-refractivity contribution in [1.29, 1.82) is 0 Å². The molecule has 2 aliphatic carbocycles. The summed E-state index contributed by atoms with van der Waals surface area (Å²) in [4.78, 5) is 0. The van der Waals surface area contributed by atoms with E-state index in [-0.39, 0.29) is 0 Å². The van der Waals surface area contributed by atoms with Crippen LogP contribution in [0.4, 0.5) is 0 Å². The Kier molecular flexibility index (Phi) is 5.31. The largest absolute Gasteiger partial charge is 0.309 e. The molecule has 0 saturated heterocycles. The van der Waals surface area contributed by atoms with E-state index in [0.29, 0.717) is 0 Å². The van der Waals surface area contributed by atoms with Gasteiger partial charge in [-0.25, -0.2) is 0 Å². The lowest BCUT2D eigenvalue weighted by Gasteiger charge is -2.42. The van der Waals surface area contributed by atoms with Crippen LogP contribution in [0.1, 0.15) is 40.7 Å². The minimum atomic E-state index is -0.459. The molecule has 3 aliphatic rings. The molecule has 1 aliphatic heterocycles. The summed E-state index contributed by atoms with van der Waals surface area (Å²) in [6, 6.07) is 61.3. The van der Waals surface area contributed by atoms with Crippen LogP contribution >= 0.6 is 0 Å². The van der Waals surface area contributed by atoms with Crippen LogP contribution in [0.2, 0.25) is 0 Å². The molecule has 12 rings (SSSR count).